The molecule has 0 saturated heterocycles. The van der Waals surface area contributed by atoms with Gasteiger partial charge >= 0.3 is 12.3 Å². The van der Waals surface area contributed by atoms with Gasteiger partial charge in [-0.15, -0.1) is 13.2 Å². The minimum absolute atomic E-state index is 0.0162. The number of carboxylic acid groups (broad SMARTS) is 1. The number of ether oxygens (including phenoxy) is 1. The zero-order valence-corrected chi connectivity index (χ0v) is 16.2. The van der Waals surface area contributed by atoms with Crippen molar-refractivity contribution in [2.45, 2.75) is 6.36 Å². The maximum absolute atomic E-state index is 12.5. The number of rotatable bonds is 7. The van der Waals surface area contributed by atoms with Gasteiger partial charge in [0.05, 0.1) is 5.69 Å². The summed E-state index contributed by atoms with van der Waals surface area (Å²) in [6, 6.07) is 12.5. The van der Waals surface area contributed by atoms with E-state index in [2.05, 4.69) is 25.3 Å². The fourth-order valence-corrected chi connectivity index (χ4v) is 2.61. The summed E-state index contributed by atoms with van der Waals surface area (Å²) in [6.45, 7) is -0.525. The molecule has 0 radical (unpaired) electrons. The van der Waals surface area contributed by atoms with Crippen molar-refractivity contribution in [3.63, 3.8) is 0 Å². The predicted octanol–water partition coefficient (Wildman–Crippen LogP) is 3.37. The number of nitrogens with two attached hydrogens (primary N) is 1. The van der Waals surface area contributed by atoms with E-state index in [-0.39, 0.29) is 28.6 Å². The molecule has 32 heavy (non-hydrogen) atoms. The molecule has 9 nitrogen and oxygen atoms in total. The van der Waals surface area contributed by atoms with Crippen LogP contribution < -0.4 is 21.1 Å². The van der Waals surface area contributed by atoms with Crippen LogP contribution in [0.1, 0.15) is 10.4 Å². The Hall–Kier alpha value is -4.35. The molecule has 12 heteroatoms. The summed E-state index contributed by atoms with van der Waals surface area (Å²) < 4.78 is 41.5. The van der Waals surface area contributed by atoms with Gasteiger partial charge in [-0.3, -0.25) is 9.59 Å². The van der Waals surface area contributed by atoms with Crippen LogP contribution >= 0.6 is 0 Å². The molecule has 0 saturated carbocycles. The summed E-state index contributed by atoms with van der Waals surface area (Å²) in [5, 5.41) is 13.9. The molecular formula is C20H16F3N5O4. The van der Waals surface area contributed by atoms with Crippen molar-refractivity contribution in [2.75, 3.05) is 22.9 Å². The maximum Gasteiger partial charge on any atom is 0.573 e. The number of amides is 1. The molecule has 5 N–H and O–H groups in total. The van der Waals surface area contributed by atoms with Crippen LogP contribution in [0.3, 0.4) is 0 Å². The van der Waals surface area contributed by atoms with Crippen molar-refractivity contribution >= 4 is 29.3 Å². The van der Waals surface area contributed by atoms with E-state index in [9.17, 15) is 22.8 Å². The van der Waals surface area contributed by atoms with Gasteiger partial charge in [-0.05, 0) is 30.3 Å². The maximum atomic E-state index is 12.5. The number of carbonyl (C=O) groups is 2. The second-order valence-corrected chi connectivity index (χ2v) is 6.36. The predicted molar refractivity (Wildman–Crippen MR) is 109 cm³/mol. The lowest BCUT2D eigenvalue weighted by molar-refractivity contribution is -0.274. The molecule has 166 valence electrons. The van der Waals surface area contributed by atoms with Crippen LogP contribution in [0.2, 0.25) is 0 Å². The van der Waals surface area contributed by atoms with Gasteiger partial charge in [-0.25, -0.2) is 4.98 Å². The van der Waals surface area contributed by atoms with Crippen molar-refractivity contribution in [1.82, 2.24) is 9.97 Å². The number of anilines is 3. The van der Waals surface area contributed by atoms with Crippen molar-refractivity contribution in [2.24, 2.45) is 0 Å². The molecule has 0 aliphatic rings. The van der Waals surface area contributed by atoms with Crippen molar-refractivity contribution < 1.29 is 32.6 Å². The quantitative estimate of drug-likeness (QED) is 0.404. The van der Waals surface area contributed by atoms with E-state index in [1.54, 1.807) is 12.1 Å². The molecule has 0 spiro atoms. The number of aromatic nitrogens is 2. The Morgan fingerprint density at radius 1 is 1.06 bits per heavy atom. The molecule has 3 rings (SSSR count). The zero-order valence-electron chi connectivity index (χ0n) is 16.2. The van der Waals surface area contributed by atoms with E-state index in [0.717, 1.165) is 12.1 Å². The van der Waals surface area contributed by atoms with Crippen LogP contribution in [0.5, 0.6) is 5.75 Å². The number of carbonyl (C=O) groups excluding carboxylic acids is 1. The number of hydrogen-bond donors (Lipinski definition) is 4. The number of nitrogens with zero attached hydrogens (tertiary/aromatic N) is 2. The first-order valence-corrected chi connectivity index (χ1v) is 8.97. The van der Waals surface area contributed by atoms with Gasteiger partial charge in [0.2, 0.25) is 5.95 Å². The first-order chi connectivity index (χ1) is 15.1. The number of benzene rings is 2. The summed E-state index contributed by atoms with van der Waals surface area (Å²) in [5.41, 5.74) is 6.61. The Kier molecular flexibility index (Phi) is 6.42. The molecule has 0 atom stereocenters. The number of carboxylic acids is 1. The Morgan fingerprint density at radius 3 is 2.50 bits per heavy atom. The van der Waals surface area contributed by atoms with Crippen LogP contribution in [-0.2, 0) is 4.79 Å². The van der Waals surface area contributed by atoms with Gasteiger partial charge in [0.25, 0.3) is 5.91 Å². The normalized spacial score (nSPS) is 11.0. The lowest BCUT2D eigenvalue weighted by atomic mass is 10.1. The van der Waals surface area contributed by atoms with E-state index >= 15 is 0 Å². The highest BCUT2D eigenvalue weighted by molar-refractivity contribution is 6.04. The first kappa shape index (κ1) is 22.3. The highest BCUT2D eigenvalue weighted by atomic mass is 19.4. The Morgan fingerprint density at radius 2 is 1.81 bits per heavy atom. The third-order valence-corrected chi connectivity index (χ3v) is 3.88. The number of hydrogen-bond acceptors (Lipinski definition) is 7. The van der Waals surface area contributed by atoms with Crippen LogP contribution in [-0.4, -0.2) is 39.9 Å². The van der Waals surface area contributed by atoms with Gasteiger partial charge in [0, 0.05) is 22.9 Å². The third kappa shape index (κ3) is 6.32. The second-order valence-electron chi connectivity index (χ2n) is 6.36. The van der Waals surface area contributed by atoms with Crippen LogP contribution in [0, 0.1) is 0 Å². The summed E-state index contributed by atoms with van der Waals surface area (Å²) in [7, 11) is 0. The first-order valence-electron chi connectivity index (χ1n) is 8.97. The lowest BCUT2D eigenvalue weighted by Gasteiger charge is -2.12. The number of nitrogen functional groups attached to an aromatic ring is 1. The van der Waals surface area contributed by atoms with E-state index in [1.807, 2.05) is 0 Å². The molecule has 1 heterocycles. The monoisotopic (exact) mass is 447 g/mol. The van der Waals surface area contributed by atoms with Gasteiger partial charge < -0.3 is 26.2 Å². The average molecular weight is 447 g/mol. The number of alkyl halides is 3. The molecule has 0 aliphatic carbocycles. The van der Waals surface area contributed by atoms with Crippen LogP contribution in [0.15, 0.2) is 54.6 Å². The van der Waals surface area contributed by atoms with Crippen LogP contribution in [0.4, 0.5) is 30.6 Å². The summed E-state index contributed by atoms with van der Waals surface area (Å²) >= 11 is 0. The highest BCUT2D eigenvalue weighted by Gasteiger charge is 2.31. The molecule has 0 bridgehead atoms. The fourth-order valence-electron chi connectivity index (χ4n) is 2.61. The van der Waals surface area contributed by atoms with Crippen molar-refractivity contribution in [3.05, 3.63) is 60.2 Å². The molecule has 0 aliphatic heterocycles. The lowest BCUT2D eigenvalue weighted by Crippen LogP contribution is -2.17. The second kappa shape index (κ2) is 9.20. The Bertz CT molecular complexity index is 1150. The van der Waals surface area contributed by atoms with Gasteiger partial charge in [-0.2, -0.15) is 4.98 Å². The molecular weight excluding hydrogens is 431 g/mol. The topological polar surface area (TPSA) is 139 Å². The minimum Gasteiger partial charge on any atom is -0.480 e. The summed E-state index contributed by atoms with van der Waals surface area (Å²) in [6.07, 6.45) is -4.88. The van der Waals surface area contributed by atoms with Crippen LogP contribution in [0.25, 0.3) is 11.3 Å². The molecule has 1 aromatic heterocycles. The third-order valence-electron chi connectivity index (χ3n) is 3.88. The van der Waals surface area contributed by atoms with E-state index in [1.165, 1.54) is 30.3 Å². The fraction of sp³-hybridized carbons (Fsp3) is 0.100. The van der Waals surface area contributed by atoms with E-state index in [0.29, 0.717) is 5.69 Å². The average Bonchev–Trinajstić information content (AvgIpc) is 2.71. The van der Waals surface area contributed by atoms with Gasteiger partial charge in [0.1, 0.15) is 18.1 Å². The number of halogens is 3. The number of aliphatic carboxylic acids is 1. The largest absolute Gasteiger partial charge is 0.573 e. The Labute approximate surface area is 179 Å². The molecule has 1 amide bonds. The van der Waals surface area contributed by atoms with Gasteiger partial charge in [0.15, 0.2) is 0 Å². The highest BCUT2D eigenvalue weighted by Crippen LogP contribution is 2.28. The number of nitrogens with one attached hydrogen (secondary N) is 2. The molecule has 2 aromatic carbocycles. The smallest absolute Gasteiger partial charge is 0.480 e. The van der Waals surface area contributed by atoms with E-state index in [4.69, 9.17) is 10.8 Å². The molecule has 0 fully saturated rings. The minimum atomic E-state index is -4.88. The SMILES string of the molecule is Nc1cccc(C(=O)Nc2cc(-c3cccc(OC(F)(F)F)c3)nc(NCC(=O)O)n2)c1. The van der Waals surface area contributed by atoms with Crippen molar-refractivity contribution in [3.8, 4) is 17.0 Å². The summed E-state index contributed by atoms with van der Waals surface area (Å²) in [4.78, 5) is 31.5. The zero-order chi connectivity index (χ0) is 23.3. The van der Waals surface area contributed by atoms with Crippen molar-refractivity contribution in [1.29, 1.82) is 0 Å². The molecule has 3 aromatic rings. The standard InChI is InChI=1S/C20H16F3N5O4/c21-20(22,23)32-14-6-2-3-11(8-14)15-9-16(28-19(26-15)25-10-17(29)30)27-18(31)12-4-1-5-13(24)7-12/h1-9H,10,24H2,(H,29,30)(H2,25,26,27,28,31). The Balaban J connectivity index is 1.95. The summed E-state index contributed by atoms with van der Waals surface area (Å²) in [5.74, 6) is -2.39. The van der Waals surface area contributed by atoms with E-state index < -0.39 is 30.5 Å². The van der Waals surface area contributed by atoms with Gasteiger partial charge in [-0.1, -0.05) is 18.2 Å². The molecule has 0 unspecified atom stereocenters.